The van der Waals surface area contributed by atoms with Crippen LogP contribution in [-0.4, -0.2) is 31.7 Å². The Hall–Kier alpha value is -1.69. The van der Waals surface area contributed by atoms with E-state index in [0.29, 0.717) is 12.8 Å². The molecule has 2 rings (SSSR count). The minimum atomic E-state index is 0.280. The minimum absolute atomic E-state index is 0.280. The zero-order valence-corrected chi connectivity index (χ0v) is 11.6. The maximum atomic E-state index is 11.8. The van der Waals surface area contributed by atoms with Crippen LogP contribution < -0.4 is 0 Å². The molecule has 5 nitrogen and oxygen atoms in total. The Balaban J connectivity index is 1.66. The van der Waals surface area contributed by atoms with Crippen molar-refractivity contribution < 1.29 is 4.79 Å². The van der Waals surface area contributed by atoms with Gasteiger partial charge in [-0.15, -0.1) is 5.10 Å². The molecule has 0 aliphatic rings. The van der Waals surface area contributed by atoms with Gasteiger partial charge < -0.3 is 0 Å². The molecule has 19 heavy (non-hydrogen) atoms. The third-order valence-corrected chi connectivity index (χ3v) is 3.75. The van der Waals surface area contributed by atoms with Crippen molar-refractivity contribution in [1.29, 1.82) is 0 Å². The molecule has 100 valence electrons. The summed E-state index contributed by atoms with van der Waals surface area (Å²) in [7, 11) is 1.81. The van der Waals surface area contributed by atoms with Gasteiger partial charge in [-0.25, -0.2) is 4.68 Å². The van der Waals surface area contributed by atoms with Gasteiger partial charge in [-0.3, -0.25) is 4.79 Å². The van der Waals surface area contributed by atoms with Crippen LogP contribution >= 0.6 is 11.8 Å². The number of carbonyl (C=O) groups is 1. The molecule has 0 saturated heterocycles. The first-order valence-electron chi connectivity index (χ1n) is 6.16. The zero-order valence-electron chi connectivity index (χ0n) is 10.8. The number of aryl methyl sites for hydroxylation is 1. The Kier molecular flexibility index (Phi) is 5.09. The summed E-state index contributed by atoms with van der Waals surface area (Å²) in [4.78, 5) is 11.8. The van der Waals surface area contributed by atoms with Gasteiger partial charge in [0, 0.05) is 25.6 Å². The molecule has 0 radical (unpaired) electrons. The summed E-state index contributed by atoms with van der Waals surface area (Å²) in [5.41, 5.74) is 1.08. The fourth-order valence-corrected chi connectivity index (χ4v) is 2.48. The molecule has 0 atom stereocenters. The van der Waals surface area contributed by atoms with E-state index in [1.807, 2.05) is 37.4 Å². The molecule has 0 amide bonds. The number of nitrogens with zero attached hydrogens (tertiary/aromatic N) is 4. The van der Waals surface area contributed by atoms with Crippen molar-refractivity contribution in [3.8, 4) is 0 Å². The third-order valence-electron chi connectivity index (χ3n) is 2.66. The summed E-state index contributed by atoms with van der Waals surface area (Å²) in [6.07, 6.45) is 1.98. The largest absolute Gasteiger partial charge is 0.299 e. The highest BCUT2D eigenvalue weighted by Crippen LogP contribution is 2.14. The molecule has 0 unspecified atom stereocenters. The van der Waals surface area contributed by atoms with E-state index in [-0.39, 0.29) is 5.78 Å². The molecule has 1 heterocycles. The van der Waals surface area contributed by atoms with Crippen LogP contribution in [0.3, 0.4) is 0 Å². The minimum Gasteiger partial charge on any atom is -0.299 e. The monoisotopic (exact) mass is 276 g/mol. The standard InChI is InChI=1S/C13H16N4OS/c1-17-13(14-15-16-17)19-9-5-8-12(18)10-11-6-3-2-4-7-11/h2-4,6-7H,5,8-10H2,1H3. The van der Waals surface area contributed by atoms with Crippen molar-refractivity contribution in [1.82, 2.24) is 20.2 Å². The van der Waals surface area contributed by atoms with Crippen LogP contribution in [0.15, 0.2) is 35.5 Å². The Morgan fingerprint density at radius 3 is 2.79 bits per heavy atom. The van der Waals surface area contributed by atoms with Gasteiger partial charge in [0.25, 0.3) is 0 Å². The number of tetrazole rings is 1. The fraction of sp³-hybridized carbons (Fsp3) is 0.385. The topological polar surface area (TPSA) is 60.7 Å². The second kappa shape index (κ2) is 7.04. The molecular weight excluding hydrogens is 260 g/mol. The number of thioether (sulfide) groups is 1. The average Bonchev–Trinajstić information content (AvgIpc) is 2.81. The number of Topliss-reactive ketones (excluding diaryl/α,β-unsaturated/α-hetero) is 1. The van der Waals surface area contributed by atoms with E-state index in [2.05, 4.69) is 15.5 Å². The Morgan fingerprint density at radius 1 is 1.32 bits per heavy atom. The van der Waals surface area contributed by atoms with Crippen molar-refractivity contribution in [3.63, 3.8) is 0 Å². The zero-order chi connectivity index (χ0) is 13.5. The lowest BCUT2D eigenvalue weighted by molar-refractivity contribution is -0.118. The second-order valence-corrected chi connectivity index (χ2v) is 5.30. The van der Waals surface area contributed by atoms with E-state index in [1.165, 1.54) is 0 Å². The molecule has 0 aliphatic carbocycles. The number of rotatable bonds is 7. The number of carbonyl (C=O) groups excluding carboxylic acids is 1. The van der Waals surface area contributed by atoms with Gasteiger partial charge in [-0.1, -0.05) is 42.1 Å². The first kappa shape index (κ1) is 13.7. The van der Waals surface area contributed by atoms with E-state index in [9.17, 15) is 4.79 Å². The lowest BCUT2D eigenvalue weighted by Gasteiger charge is -2.01. The molecule has 0 N–H and O–H groups in total. The van der Waals surface area contributed by atoms with Crippen molar-refractivity contribution in [2.24, 2.45) is 7.05 Å². The summed E-state index contributed by atoms with van der Waals surface area (Å²) in [6.45, 7) is 0. The second-order valence-electron chi connectivity index (χ2n) is 4.24. The Morgan fingerprint density at radius 2 is 2.11 bits per heavy atom. The lowest BCUT2D eigenvalue weighted by Crippen LogP contribution is -2.03. The molecule has 0 fully saturated rings. The summed E-state index contributed by atoms with van der Waals surface area (Å²) in [5.74, 6) is 1.14. The van der Waals surface area contributed by atoms with Crippen LogP contribution in [0.1, 0.15) is 18.4 Å². The van der Waals surface area contributed by atoms with Crippen LogP contribution in [0.4, 0.5) is 0 Å². The highest BCUT2D eigenvalue weighted by molar-refractivity contribution is 7.99. The van der Waals surface area contributed by atoms with E-state index in [1.54, 1.807) is 16.4 Å². The molecule has 0 spiro atoms. The summed E-state index contributed by atoms with van der Waals surface area (Å²) >= 11 is 1.58. The highest BCUT2D eigenvalue weighted by atomic mass is 32.2. The van der Waals surface area contributed by atoms with Crippen molar-refractivity contribution in [2.45, 2.75) is 24.4 Å². The SMILES string of the molecule is Cn1nnnc1SCCCC(=O)Cc1ccccc1. The molecule has 0 saturated carbocycles. The Labute approximate surface area is 116 Å². The van der Waals surface area contributed by atoms with Crippen LogP contribution in [0, 0.1) is 0 Å². The van der Waals surface area contributed by atoms with Crippen molar-refractivity contribution in [3.05, 3.63) is 35.9 Å². The number of hydrogen-bond donors (Lipinski definition) is 0. The maximum absolute atomic E-state index is 11.8. The van der Waals surface area contributed by atoms with Gasteiger partial charge in [0.1, 0.15) is 5.78 Å². The van der Waals surface area contributed by atoms with Crippen molar-refractivity contribution >= 4 is 17.5 Å². The smallest absolute Gasteiger partial charge is 0.209 e. The number of aromatic nitrogens is 4. The first-order chi connectivity index (χ1) is 9.25. The molecule has 2 aromatic rings. The van der Waals surface area contributed by atoms with Gasteiger partial charge in [0.05, 0.1) is 0 Å². The first-order valence-corrected chi connectivity index (χ1v) is 7.15. The van der Waals surface area contributed by atoms with Crippen LogP contribution in [-0.2, 0) is 18.3 Å². The summed E-state index contributed by atoms with van der Waals surface area (Å²) in [6, 6.07) is 9.84. The number of ketones is 1. The lowest BCUT2D eigenvalue weighted by atomic mass is 10.1. The van der Waals surface area contributed by atoms with Crippen molar-refractivity contribution in [2.75, 3.05) is 5.75 Å². The number of hydrogen-bond acceptors (Lipinski definition) is 5. The maximum Gasteiger partial charge on any atom is 0.209 e. The molecule has 1 aromatic heterocycles. The summed E-state index contributed by atoms with van der Waals surface area (Å²) < 4.78 is 1.64. The molecule has 0 aliphatic heterocycles. The van der Waals surface area contributed by atoms with Gasteiger partial charge >= 0.3 is 0 Å². The third kappa shape index (κ3) is 4.48. The van der Waals surface area contributed by atoms with E-state index in [0.717, 1.165) is 22.9 Å². The fourth-order valence-electron chi connectivity index (χ4n) is 1.69. The predicted octanol–water partition coefficient (Wildman–Crippen LogP) is 1.89. The average molecular weight is 276 g/mol. The molecule has 1 aromatic carbocycles. The van der Waals surface area contributed by atoms with E-state index in [4.69, 9.17) is 0 Å². The van der Waals surface area contributed by atoms with E-state index < -0.39 is 0 Å². The quantitative estimate of drug-likeness (QED) is 0.571. The van der Waals surface area contributed by atoms with Gasteiger partial charge in [-0.2, -0.15) is 0 Å². The number of benzene rings is 1. The summed E-state index contributed by atoms with van der Waals surface area (Å²) in [5, 5.41) is 12.0. The van der Waals surface area contributed by atoms with E-state index >= 15 is 0 Å². The highest BCUT2D eigenvalue weighted by Gasteiger charge is 2.05. The Bertz CT molecular complexity index is 526. The van der Waals surface area contributed by atoms with Crippen LogP contribution in [0.5, 0.6) is 0 Å². The normalized spacial score (nSPS) is 10.6. The molecular formula is C13H16N4OS. The van der Waals surface area contributed by atoms with Gasteiger partial charge in [0.2, 0.25) is 5.16 Å². The predicted molar refractivity (Wildman–Crippen MR) is 73.9 cm³/mol. The molecule has 0 bridgehead atoms. The van der Waals surface area contributed by atoms with Gasteiger partial charge in [-0.05, 0) is 22.4 Å². The molecule has 6 heteroatoms. The van der Waals surface area contributed by atoms with Crippen LogP contribution in [0.2, 0.25) is 0 Å². The van der Waals surface area contributed by atoms with Gasteiger partial charge in [0.15, 0.2) is 0 Å². The van der Waals surface area contributed by atoms with Crippen LogP contribution in [0.25, 0.3) is 0 Å².